The van der Waals surface area contributed by atoms with E-state index < -0.39 is 23.9 Å². The van der Waals surface area contributed by atoms with Crippen molar-refractivity contribution in [3.63, 3.8) is 0 Å². The molecule has 3 nitrogen and oxygen atoms in total. The van der Waals surface area contributed by atoms with E-state index in [-0.39, 0.29) is 0 Å². The van der Waals surface area contributed by atoms with Crippen molar-refractivity contribution in [1.29, 1.82) is 0 Å². The maximum Gasteiger partial charge on any atom is 0.416 e. The van der Waals surface area contributed by atoms with Crippen molar-refractivity contribution in [3.8, 4) is 0 Å². The van der Waals surface area contributed by atoms with Crippen LogP contribution in [0.1, 0.15) is 27.7 Å². The molecule has 22 heavy (non-hydrogen) atoms. The van der Waals surface area contributed by atoms with E-state index in [0.717, 1.165) is 12.1 Å². The SMILES string of the molecule is CN1c2ccccc2C(=O)OC1c1ccc(C(F)(F)F)cc1. The lowest BCUT2D eigenvalue weighted by Crippen LogP contribution is -2.34. The third-order valence-electron chi connectivity index (χ3n) is 3.60. The molecule has 0 N–H and O–H groups in total. The van der Waals surface area contributed by atoms with Gasteiger partial charge in [0.25, 0.3) is 0 Å². The van der Waals surface area contributed by atoms with Gasteiger partial charge in [-0.25, -0.2) is 4.79 Å². The Kier molecular flexibility index (Phi) is 3.31. The summed E-state index contributed by atoms with van der Waals surface area (Å²) in [6.45, 7) is 0. The predicted octanol–water partition coefficient (Wildman–Crippen LogP) is 4.01. The van der Waals surface area contributed by atoms with E-state index in [0.29, 0.717) is 16.8 Å². The second kappa shape index (κ2) is 5.05. The lowest BCUT2D eigenvalue weighted by atomic mass is 10.1. The Morgan fingerprint density at radius 3 is 2.32 bits per heavy atom. The van der Waals surface area contributed by atoms with Crippen LogP contribution >= 0.6 is 0 Å². The van der Waals surface area contributed by atoms with Gasteiger partial charge in [-0.1, -0.05) is 24.3 Å². The van der Waals surface area contributed by atoms with Crippen molar-refractivity contribution < 1.29 is 22.7 Å². The van der Waals surface area contributed by atoms with Gasteiger partial charge in [0.15, 0.2) is 0 Å². The minimum atomic E-state index is -4.39. The maximum atomic E-state index is 12.6. The number of esters is 1. The minimum absolute atomic E-state index is 0.438. The van der Waals surface area contributed by atoms with Crippen LogP contribution < -0.4 is 4.90 Å². The highest BCUT2D eigenvalue weighted by Gasteiger charge is 2.33. The standard InChI is InChI=1S/C16H12F3NO2/c1-20-13-5-3-2-4-12(13)15(21)22-14(20)10-6-8-11(9-7-10)16(17,18)19/h2-9,14H,1H3. The van der Waals surface area contributed by atoms with E-state index in [4.69, 9.17) is 4.74 Å². The van der Waals surface area contributed by atoms with Crippen LogP contribution in [0.2, 0.25) is 0 Å². The smallest absolute Gasteiger partial charge is 0.416 e. The molecule has 2 aromatic carbocycles. The highest BCUT2D eigenvalue weighted by atomic mass is 19.4. The summed E-state index contributed by atoms with van der Waals surface area (Å²) in [4.78, 5) is 13.7. The zero-order chi connectivity index (χ0) is 15.9. The van der Waals surface area contributed by atoms with Crippen molar-refractivity contribution in [2.75, 3.05) is 11.9 Å². The third kappa shape index (κ3) is 2.41. The van der Waals surface area contributed by atoms with Gasteiger partial charge in [-0.15, -0.1) is 0 Å². The van der Waals surface area contributed by atoms with Crippen molar-refractivity contribution >= 4 is 11.7 Å². The number of para-hydroxylation sites is 1. The highest BCUT2D eigenvalue weighted by molar-refractivity contribution is 5.97. The molecule has 0 fully saturated rings. The molecule has 6 heteroatoms. The van der Waals surface area contributed by atoms with Crippen molar-refractivity contribution in [1.82, 2.24) is 0 Å². The van der Waals surface area contributed by atoms with Gasteiger partial charge in [0, 0.05) is 12.6 Å². The van der Waals surface area contributed by atoms with Crippen LogP contribution in [0.3, 0.4) is 0 Å². The number of hydrogen-bond acceptors (Lipinski definition) is 3. The van der Waals surface area contributed by atoms with Gasteiger partial charge in [0.1, 0.15) is 0 Å². The number of cyclic esters (lactones) is 1. The topological polar surface area (TPSA) is 29.5 Å². The maximum absolute atomic E-state index is 12.6. The third-order valence-corrected chi connectivity index (χ3v) is 3.60. The predicted molar refractivity (Wildman–Crippen MR) is 74.4 cm³/mol. The van der Waals surface area contributed by atoms with Crippen LogP contribution in [0.4, 0.5) is 18.9 Å². The molecule has 0 amide bonds. The zero-order valence-electron chi connectivity index (χ0n) is 11.6. The molecular weight excluding hydrogens is 295 g/mol. The summed E-state index contributed by atoms with van der Waals surface area (Å²) < 4.78 is 43.1. The van der Waals surface area contributed by atoms with Crippen molar-refractivity contribution in [2.45, 2.75) is 12.4 Å². The monoisotopic (exact) mass is 307 g/mol. The molecule has 2 aromatic rings. The first kappa shape index (κ1) is 14.4. The Balaban J connectivity index is 1.95. The average molecular weight is 307 g/mol. The van der Waals surface area contributed by atoms with Gasteiger partial charge in [0.2, 0.25) is 6.23 Å². The van der Waals surface area contributed by atoms with Gasteiger partial charge < -0.3 is 9.64 Å². The molecule has 1 aliphatic rings. The fourth-order valence-corrected chi connectivity index (χ4v) is 2.45. The number of nitrogens with zero attached hydrogens (tertiary/aromatic N) is 1. The van der Waals surface area contributed by atoms with Crippen LogP contribution in [0.25, 0.3) is 0 Å². The van der Waals surface area contributed by atoms with Crippen LogP contribution in [0, 0.1) is 0 Å². The van der Waals surface area contributed by atoms with E-state index in [9.17, 15) is 18.0 Å². The number of benzene rings is 2. The number of ether oxygens (including phenoxy) is 1. The van der Waals surface area contributed by atoms with E-state index >= 15 is 0 Å². The summed E-state index contributed by atoms with van der Waals surface area (Å²) in [6.07, 6.45) is -5.13. The number of anilines is 1. The summed E-state index contributed by atoms with van der Waals surface area (Å²) in [6, 6.07) is 11.6. The minimum Gasteiger partial charge on any atom is -0.434 e. The molecule has 3 rings (SSSR count). The molecule has 0 aliphatic carbocycles. The first-order valence-corrected chi connectivity index (χ1v) is 6.58. The van der Waals surface area contributed by atoms with E-state index in [1.54, 1.807) is 36.2 Å². The number of rotatable bonds is 1. The number of fused-ring (bicyclic) bond motifs is 1. The van der Waals surface area contributed by atoms with E-state index in [1.807, 2.05) is 0 Å². The Morgan fingerprint density at radius 1 is 1.05 bits per heavy atom. The van der Waals surface area contributed by atoms with Crippen molar-refractivity contribution in [3.05, 3.63) is 65.2 Å². The fourth-order valence-electron chi connectivity index (χ4n) is 2.45. The van der Waals surface area contributed by atoms with Gasteiger partial charge in [-0.3, -0.25) is 0 Å². The molecule has 0 radical (unpaired) electrons. The molecule has 114 valence electrons. The Hall–Kier alpha value is -2.50. The summed E-state index contributed by atoms with van der Waals surface area (Å²) in [5.41, 5.74) is 0.872. The largest absolute Gasteiger partial charge is 0.434 e. The van der Waals surface area contributed by atoms with Crippen LogP contribution in [-0.2, 0) is 10.9 Å². The lowest BCUT2D eigenvalue weighted by Gasteiger charge is -2.35. The Morgan fingerprint density at radius 2 is 1.68 bits per heavy atom. The number of halogens is 3. The zero-order valence-corrected chi connectivity index (χ0v) is 11.6. The van der Waals surface area contributed by atoms with Gasteiger partial charge in [0.05, 0.1) is 16.8 Å². The molecule has 1 aliphatic heterocycles. The molecule has 0 spiro atoms. The first-order chi connectivity index (χ1) is 10.4. The van der Waals surface area contributed by atoms with Crippen LogP contribution in [-0.4, -0.2) is 13.0 Å². The summed E-state index contributed by atoms with van der Waals surface area (Å²) in [5, 5.41) is 0. The normalized spacial score (nSPS) is 17.9. The first-order valence-electron chi connectivity index (χ1n) is 6.58. The lowest BCUT2D eigenvalue weighted by molar-refractivity contribution is -0.137. The van der Waals surface area contributed by atoms with Gasteiger partial charge in [-0.05, 0) is 24.3 Å². The summed E-state index contributed by atoms with van der Waals surface area (Å²) in [7, 11) is 1.73. The molecule has 0 aromatic heterocycles. The van der Waals surface area contributed by atoms with Crippen LogP contribution in [0.5, 0.6) is 0 Å². The van der Waals surface area contributed by atoms with E-state index in [2.05, 4.69) is 0 Å². The molecule has 1 heterocycles. The number of carbonyl (C=O) groups is 1. The van der Waals surface area contributed by atoms with Crippen molar-refractivity contribution in [2.24, 2.45) is 0 Å². The Bertz CT molecular complexity index is 710. The fraction of sp³-hybridized carbons (Fsp3) is 0.188. The summed E-state index contributed by atoms with van der Waals surface area (Å²) in [5.74, 6) is -0.487. The molecule has 0 saturated carbocycles. The average Bonchev–Trinajstić information content (AvgIpc) is 2.50. The summed E-state index contributed by atoms with van der Waals surface area (Å²) >= 11 is 0. The molecule has 1 atom stereocenters. The molecule has 0 saturated heterocycles. The number of alkyl halides is 3. The number of carbonyl (C=O) groups excluding carboxylic acids is 1. The molecular formula is C16H12F3NO2. The highest BCUT2D eigenvalue weighted by Crippen LogP contribution is 2.36. The molecule has 1 unspecified atom stereocenters. The second-order valence-electron chi connectivity index (χ2n) is 5.01. The van der Waals surface area contributed by atoms with Crippen LogP contribution in [0.15, 0.2) is 48.5 Å². The van der Waals surface area contributed by atoms with E-state index in [1.165, 1.54) is 12.1 Å². The quantitative estimate of drug-likeness (QED) is 0.746. The number of hydrogen-bond donors (Lipinski definition) is 0. The Labute approximate surface area is 124 Å². The van der Waals surface area contributed by atoms with Gasteiger partial charge >= 0.3 is 12.1 Å². The van der Waals surface area contributed by atoms with Gasteiger partial charge in [-0.2, -0.15) is 13.2 Å². The molecule has 0 bridgehead atoms. The second-order valence-corrected chi connectivity index (χ2v) is 5.01.